The second-order valence-corrected chi connectivity index (χ2v) is 17.1. The Labute approximate surface area is 336 Å². The molecule has 54 heavy (non-hydrogen) atoms. The van der Waals surface area contributed by atoms with Crippen molar-refractivity contribution in [1.82, 2.24) is 0 Å². The number of hydrogen-bond donors (Lipinski definition) is 0. The van der Waals surface area contributed by atoms with Gasteiger partial charge in [-0.15, -0.1) is 0 Å². The molecule has 0 rings (SSSR count). The molecule has 0 aliphatic heterocycles. The molecular weight excluding hydrogens is 673 g/mol. The summed E-state index contributed by atoms with van der Waals surface area (Å²) in [6.45, 7) is 11.3. The predicted octanol–water partition coefficient (Wildman–Crippen LogP) is 15.0. The lowest BCUT2D eigenvalue weighted by atomic mass is 9.99. The minimum Gasteiger partial charge on any atom is -0.462 e. The fourth-order valence-corrected chi connectivity index (χ4v) is 7.07. The maximum atomic E-state index is 12.7. The highest BCUT2D eigenvalue weighted by Gasteiger charge is 2.19. The van der Waals surface area contributed by atoms with Crippen molar-refractivity contribution in [3.05, 3.63) is 0 Å². The van der Waals surface area contributed by atoms with Gasteiger partial charge in [0.2, 0.25) is 0 Å². The van der Waals surface area contributed by atoms with Gasteiger partial charge >= 0.3 is 17.9 Å². The van der Waals surface area contributed by atoms with E-state index in [-0.39, 0.29) is 31.1 Å². The highest BCUT2D eigenvalue weighted by molar-refractivity contribution is 5.71. The maximum absolute atomic E-state index is 12.7. The number of carbonyl (C=O) groups excluding carboxylic acids is 3. The van der Waals surface area contributed by atoms with Crippen LogP contribution in [-0.4, -0.2) is 37.2 Å². The van der Waals surface area contributed by atoms with Crippen LogP contribution in [-0.2, 0) is 28.6 Å². The standard InChI is InChI=1S/C48H92O6/c1-6-8-9-10-21-28-33-38-46(49)52-41-45(42-53-47(50)39-34-29-24-20-19-23-27-32-37-44(5)7-2)54-48(51)40-35-30-25-18-16-14-12-11-13-15-17-22-26-31-36-43(3)4/h43-45H,6-42H2,1-5H3/t44?,45-/m1/s1. The molecule has 1 unspecified atom stereocenters. The average Bonchev–Trinajstić information content (AvgIpc) is 3.15. The molecule has 0 aromatic heterocycles. The number of unbranched alkanes of at least 4 members (excludes halogenated alkanes) is 26. The van der Waals surface area contributed by atoms with E-state index in [2.05, 4.69) is 34.6 Å². The average molecular weight is 765 g/mol. The summed E-state index contributed by atoms with van der Waals surface area (Å²) in [5, 5.41) is 0. The third-order valence-corrected chi connectivity index (χ3v) is 11.1. The van der Waals surface area contributed by atoms with Crippen LogP contribution >= 0.6 is 0 Å². The normalized spacial score (nSPS) is 12.6. The summed E-state index contributed by atoms with van der Waals surface area (Å²) in [6.07, 6.45) is 39.5. The molecule has 0 saturated heterocycles. The van der Waals surface area contributed by atoms with E-state index in [9.17, 15) is 14.4 Å². The van der Waals surface area contributed by atoms with Crippen molar-refractivity contribution in [2.75, 3.05) is 13.2 Å². The zero-order valence-electron chi connectivity index (χ0n) is 36.8. The lowest BCUT2D eigenvalue weighted by molar-refractivity contribution is -0.167. The monoisotopic (exact) mass is 765 g/mol. The highest BCUT2D eigenvalue weighted by atomic mass is 16.6. The van der Waals surface area contributed by atoms with Gasteiger partial charge in [-0.3, -0.25) is 14.4 Å². The van der Waals surface area contributed by atoms with E-state index in [1.165, 1.54) is 148 Å². The van der Waals surface area contributed by atoms with Crippen LogP contribution < -0.4 is 0 Å². The molecule has 0 heterocycles. The van der Waals surface area contributed by atoms with Crippen molar-refractivity contribution in [1.29, 1.82) is 0 Å². The van der Waals surface area contributed by atoms with Crippen molar-refractivity contribution < 1.29 is 28.6 Å². The summed E-state index contributed by atoms with van der Waals surface area (Å²) in [7, 11) is 0. The van der Waals surface area contributed by atoms with E-state index in [1.54, 1.807) is 0 Å². The molecule has 2 atom stereocenters. The molecule has 0 aromatic rings. The zero-order valence-corrected chi connectivity index (χ0v) is 36.8. The van der Waals surface area contributed by atoms with E-state index in [0.717, 1.165) is 69.6 Å². The summed E-state index contributed by atoms with van der Waals surface area (Å²) >= 11 is 0. The van der Waals surface area contributed by atoms with Crippen LogP contribution in [0.2, 0.25) is 0 Å². The van der Waals surface area contributed by atoms with E-state index >= 15 is 0 Å². The summed E-state index contributed by atoms with van der Waals surface area (Å²) in [6, 6.07) is 0. The molecular formula is C48H92O6. The second kappa shape index (κ2) is 41.1. The molecule has 0 aliphatic rings. The summed E-state index contributed by atoms with van der Waals surface area (Å²) in [4.78, 5) is 37.6. The minimum absolute atomic E-state index is 0.0652. The Balaban J connectivity index is 4.24. The van der Waals surface area contributed by atoms with Crippen LogP contribution in [0.1, 0.15) is 259 Å². The quantitative estimate of drug-likeness (QED) is 0.0350. The second-order valence-electron chi connectivity index (χ2n) is 17.1. The first-order valence-electron chi connectivity index (χ1n) is 23.8. The number of ether oxygens (including phenoxy) is 3. The van der Waals surface area contributed by atoms with Crippen molar-refractivity contribution in [2.45, 2.75) is 265 Å². The number of carbonyl (C=O) groups is 3. The van der Waals surface area contributed by atoms with Crippen LogP contribution in [0, 0.1) is 11.8 Å². The Bertz CT molecular complexity index is 826. The smallest absolute Gasteiger partial charge is 0.306 e. The van der Waals surface area contributed by atoms with Gasteiger partial charge in [-0.25, -0.2) is 0 Å². The van der Waals surface area contributed by atoms with Crippen molar-refractivity contribution >= 4 is 17.9 Å². The fraction of sp³-hybridized carbons (Fsp3) is 0.938. The predicted molar refractivity (Wildman–Crippen MR) is 229 cm³/mol. The molecule has 0 bridgehead atoms. The molecule has 320 valence electrons. The SMILES string of the molecule is CCCCCCCCCC(=O)OC[C@H](COC(=O)CCCCCCCCCCC(C)CC)OC(=O)CCCCCCCCCCCCCCCCC(C)C. The van der Waals surface area contributed by atoms with Gasteiger partial charge in [0.25, 0.3) is 0 Å². The van der Waals surface area contributed by atoms with E-state index < -0.39 is 6.10 Å². The van der Waals surface area contributed by atoms with Gasteiger partial charge in [-0.05, 0) is 31.1 Å². The van der Waals surface area contributed by atoms with E-state index in [0.29, 0.717) is 19.3 Å². The minimum atomic E-state index is -0.760. The van der Waals surface area contributed by atoms with Crippen molar-refractivity contribution in [3.8, 4) is 0 Å². The number of esters is 3. The van der Waals surface area contributed by atoms with Gasteiger partial charge < -0.3 is 14.2 Å². The first-order valence-corrected chi connectivity index (χ1v) is 23.8. The molecule has 0 fully saturated rings. The maximum Gasteiger partial charge on any atom is 0.306 e. The molecule has 0 radical (unpaired) electrons. The van der Waals surface area contributed by atoms with Crippen LogP contribution in [0.4, 0.5) is 0 Å². The van der Waals surface area contributed by atoms with Crippen LogP contribution in [0.3, 0.4) is 0 Å². The van der Waals surface area contributed by atoms with Gasteiger partial charge in [0, 0.05) is 19.3 Å². The summed E-state index contributed by atoms with van der Waals surface area (Å²) in [5.74, 6) is 0.830. The van der Waals surface area contributed by atoms with Gasteiger partial charge in [-0.1, -0.05) is 221 Å². The molecule has 0 spiro atoms. The highest BCUT2D eigenvalue weighted by Crippen LogP contribution is 2.17. The van der Waals surface area contributed by atoms with Gasteiger partial charge in [0.15, 0.2) is 6.10 Å². The van der Waals surface area contributed by atoms with Crippen molar-refractivity contribution in [2.24, 2.45) is 11.8 Å². The van der Waals surface area contributed by atoms with Crippen molar-refractivity contribution in [3.63, 3.8) is 0 Å². The molecule has 6 nitrogen and oxygen atoms in total. The summed E-state index contributed by atoms with van der Waals surface area (Å²) < 4.78 is 16.7. The molecule has 0 N–H and O–H groups in total. The van der Waals surface area contributed by atoms with Gasteiger partial charge in [0.1, 0.15) is 13.2 Å². The van der Waals surface area contributed by atoms with Crippen LogP contribution in [0.5, 0.6) is 0 Å². The Morgan fingerprint density at radius 1 is 0.389 bits per heavy atom. The van der Waals surface area contributed by atoms with Crippen LogP contribution in [0.15, 0.2) is 0 Å². The first kappa shape index (κ1) is 52.4. The molecule has 0 aliphatic carbocycles. The third-order valence-electron chi connectivity index (χ3n) is 11.1. The fourth-order valence-electron chi connectivity index (χ4n) is 7.07. The molecule has 0 amide bonds. The Hall–Kier alpha value is -1.59. The third kappa shape index (κ3) is 40.1. The van der Waals surface area contributed by atoms with E-state index in [4.69, 9.17) is 14.2 Å². The number of rotatable bonds is 42. The lowest BCUT2D eigenvalue weighted by Crippen LogP contribution is -2.30. The lowest BCUT2D eigenvalue weighted by Gasteiger charge is -2.18. The number of hydrogen-bond acceptors (Lipinski definition) is 6. The Morgan fingerprint density at radius 2 is 0.704 bits per heavy atom. The van der Waals surface area contributed by atoms with E-state index in [1.807, 2.05) is 0 Å². The van der Waals surface area contributed by atoms with Crippen LogP contribution in [0.25, 0.3) is 0 Å². The zero-order chi connectivity index (χ0) is 39.7. The van der Waals surface area contributed by atoms with Gasteiger partial charge in [-0.2, -0.15) is 0 Å². The Morgan fingerprint density at radius 3 is 1.06 bits per heavy atom. The Kier molecular flexibility index (Phi) is 39.8. The molecule has 6 heteroatoms. The molecule has 0 aromatic carbocycles. The first-order chi connectivity index (χ1) is 26.3. The summed E-state index contributed by atoms with van der Waals surface area (Å²) in [5.41, 5.74) is 0. The topological polar surface area (TPSA) is 78.9 Å². The largest absolute Gasteiger partial charge is 0.462 e. The molecule has 0 saturated carbocycles. The van der Waals surface area contributed by atoms with Gasteiger partial charge in [0.05, 0.1) is 0 Å².